The van der Waals surface area contributed by atoms with Crippen LogP contribution in [-0.4, -0.2) is 96.7 Å². The second-order valence-corrected chi connectivity index (χ2v) is 27.8. The Balaban J connectivity index is 5.25. The molecular formula is C65H126O17P2. The van der Waals surface area contributed by atoms with E-state index in [0.717, 1.165) is 114 Å². The van der Waals surface area contributed by atoms with Crippen LogP contribution in [0.5, 0.6) is 0 Å². The molecule has 0 aliphatic rings. The lowest BCUT2D eigenvalue weighted by Gasteiger charge is -2.21. The first-order valence-electron chi connectivity index (χ1n) is 33.8. The molecule has 498 valence electrons. The number of esters is 4. The highest BCUT2D eigenvalue weighted by Crippen LogP contribution is 2.45. The Kier molecular flexibility index (Phi) is 53.9. The van der Waals surface area contributed by atoms with Gasteiger partial charge < -0.3 is 33.8 Å². The fourth-order valence-electron chi connectivity index (χ4n) is 9.54. The molecule has 0 spiro atoms. The molecule has 4 unspecified atom stereocenters. The number of phosphoric ester groups is 2. The predicted octanol–water partition coefficient (Wildman–Crippen LogP) is 17.8. The van der Waals surface area contributed by atoms with Crippen molar-refractivity contribution in [2.75, 3.05) is 39.6 Å². The van der Waals surface area contributed by atoms with Crippen molar-refractivity contribution in [3.05, 3.63) is 0 Å². The summed E-state index contributed by atoms with van der Waals surface area (Å²) in [6, 6.07) is 0. The predicted molar refractivity (Wildman–Crippen MR) is 335 cm³/mol. The topological polar surface area (TPSA) is 237 Å². The second kappa shape index (κ2) is 55.2. The molecule has 0 saturated heterocycles. The number of carbonyl (C=O) groups is 4. The van der Waals surface area contributed by atoms with Gasteiger partial charge in [0.15, 0.2) is 12.2 Å². The van der Waals surface area contributed by atoms with Gasteiger partial charge in [-0.3, -0.25) is 37.3 Å². The summed E-state index contributed by atoms with van der Waals surface area (Å²) in [4.78, 5) is 72.2. The molecular weight excluding hydrogens is 1110 g/mol. The molecule has 0 radical (unpaired) electrons. The number of rotatable bonds is 62. The van der Waals surface area contributed by atoms with E-state index in [1.165, 1.54) is 109 Å². The molecule has 84 heavy (non-hydrogen) atoms. The molecule has 0 fully saturated rings. The SMILES string of the molecule is CCC(C)CCCCCCCCCCC(=O)OC[C@H](COP(=O)(O)OC[C@@H](O)COP(=O)(O)OC[C@@H](COC(=O)CCCCCCCCC(C)CC)OC(=O)CCCCCCCCCCCCC(C)C)OC(=O)CCCCCCCCC(C)C. The zero-order valence-electron chi connectivity index (χ0n) is 54.5. The van der Waals surface area contributed by atoms with E-state index in [1.54, 1.807) is 0 Å². The van der Waals surface area contributed by atoms with Gasteiger partial charge in [-0.2, -0.15) is 0 Å². The van der Waals surface area contributed by atoms with Gasteiger partial charge in [-0.05, 0) is 49.4 Å². The highest BCUT2D eigenvalue weighted by molar-refractivity contribution is 7.47. The van der Waals surface area contributed by atoms with E-state index >= 15 is 0 Å². The van der Waals surface area contributed by atoms with E-state index in [4.69, 9.17) is 37.0 Å². The number of hydrogen-bond donors (Lipinski definition) is 3. The van der Waals surface area contributed by atoms with Crippen molar-refractivity contribution in [2.45, 2.75) is 331 Å². The molecule has 0 heterocycles. The average Bonchev–Trinajstić information content (AvgIpc) is 3.46. The fourth-order valence-corrected chi connectivity index (χ4v) is 11.1. The molecule has 0 amide bonds. The van der Waals surface area contributed by atoms with Gasteiger partial charge in [0.2, 0.25) is 0 Å². The third kappa shape index (κ3) is 56.6. The maximum atomic E-state index is 13.0. The van der Waals surface area contributed by atoms with Gasteiger partial charge >= 0.3 is 39.5 Å². The number of aliphatic hydroxyl groups excluding tert-OH is 1. The molecule has 7 atom stereocenters. The van der Waals surface area contributed by atoms with E-state index in [0.29, 0.717) is 31.6 Å². The van der Waals surface area contributed by atoms with Gasteiger partial charge in [-0.1, -0.05) is 261 Å². The van der Waals surface area contributed by atoms with Gasteiger partial charge in [0.25, 0.3) is 0 Å². The van der Waals surface area contributed by atoms with Crippen molar-refractivity contribution in [3.8, 4) is 0 Å². The summed E-state index contributed by atoms with van der Waals surface area (Å²) in [5, 5.41) is 10.5. The zero-order valence-corrected chi connectivity index (χ0v) is 56.3. The standard InChI is InChI=1S/C65H126O17P2/c1-9-57(7)43-35-27-18-15-16-19-29-37-45-62(67)75-51-61(82-65(70)48-40-32-23-21-26-34-42-56(5)6)54-80-84(73,74)78-50-59(66)49-77-83(71,72)79-53-60(52-76-63(68)46-38-30-24-22-28-36-44-58(8)10-2)81-64(69)47-39-31-20-14-12-11-13-17-25-33-41-55(3)4/h55-61,66H,9-54H2,1-8H3,(H,71,72)(H,73,74)/t57?,58?,59-,60+,61+/m0/s1. The molecule has 0 aliphatic heterocycles. The lowest BCUT2D eigenvalue weighted by atomic mass is 9.99. The summed E-state index contributed by atoms with van der Waals surface area (Å²) >= 11 is 0. The maximum absolute atomic E-state index is 13.0. The smallest absolute Gasteiger partial charge is 0.462 e. The molecule has 0 saturated carbocycles. The molecule has 3 N–H and O–H groups in total. The highest BCUT2D eigenvalue weighted by Gasteiger charge is 2.30. The first-order chi connectivity index (χ1) is 40.2. The Labute approximate surface area is 511 Å². The van der Waals surface area contributed by atoms with Crippen LogP contribution >= 0.6 is 15.6 Å². The normalized spacial score (nSPS) is 15.1. The van der Waals surface area contributed by atoms with Crippen LogP contribution in [0.15, 0.2) is 0 Å². The Bertz CT molecular complexity index is 1680. The van der Waals surface area contributed by atoms with E-state index < -0.39 is 97.5 Å². The third-order valence-electron chi connectivity index (χ3n) is 15.5. The number of unbranched alkanes of at least 4 members (excludes halogenated alkanes) is 26. The molecule has 0 aromatic rings. The molecule has 0 rings (SSSR count). The first kappa shape index (κ1) is 82.1. The Morgan fingerprint density at radius 2 is 0.571 bits per heavy atom. The highest BCUT2D eigenvalue weighted by atomic mass is 31.2. The average molecular weight is 1240 g/mol. The van der Waals surface area contributed by atoms with Crippen LogP contribution in [-0.2, 0) is 65.4 Å². The fraction of sp³-hybridized carbons (Fsp3) is 0.938. The van der Waals surface area contributed by atoms with Crippen LogP contribution in [0.4, 0.5) is 0 Å². The van der Waals surface area contributed by atoms with Crippen molar-refractivity contribution in [1.29, 1.82) is 0 Å². The van der Waals surface area contributed by atoms with Gasteiger partial charge in [-0.25, -0.2) is 9.13 Å². The van der Waals surface area contributed by atoms with Crippen molar-refractivity contribution in [1.82, 2.24) is 0 Å². The molecule has 17 nitrogen and oxygen atoms in total. The lowest BCUT2D eigenvalue weighted by molar-refractivity contribution is -0.161. The molecule has 0 aromatic heterocycles. The van der Waals surface area contributed by atoms with Crippen LogP contribution in [0.3, 0.4) is 0 Å². The molecule has 0 aromatic carbocycles. The van der Waals surface area contributed by atoms with Crippen molar-refractivity contribution in [3.63, 3.8) is 0 Å². The lowest BCUT2D eigenvalue weighted by Crippen LogP contribution is -2.30. The largest absolute Gasteiger partial charge is 0.472 e. The summed E-state index contributed by atoms with van der Waals surface area (Å²) in [6.45, 7) is 14.0. The summed E-state index contributed by atoms with van der Waals surface area (Å²) in [5.74, 6) is 0.788. The quantitative estimate of drug-likeness (QED) is 0.0222. The van der Waals surface area contributed by atoms with Crippen molar-refractivity contribution >= 4 is 39.5 Å². The van der Waals surface area contributed by atoms with Gasteiger partial charge in [0.05, 0.1) is 26.4 Å². The summed E-state index contributed by atoms with van der Waals surface area (Å²) in [7, 11) is -9.89. The Hall–Kier alpha value is -1.94. The Morgan fingerprint density at radius 1 is 0.333 bits per heavy atom. The van der Waals surface area contributed by atoms with E-state index in [-0.39, 0.29) is 25.7 Å². The zero-order chi connectivity index (χ0) is 62.5. The molecule has 0 aliphatic carbocycles. The Morgan fingerprint density at radius 3 is 0.845 bits per heavy atom. The summed E-state index contributed by atoms with van der Waals surface area (Å²) in [5.41, 5.74) is 0. The number of hydrogen-bond acceptors (Lipinski definition) is 15. The second-order valence-electron chi connectivity index (χ2n) is 24.9. The van der Waals surface area contributed by atoms with Crippen LogP contribution in [0.1, 0.15) is 312 Å². The minimum Gasteiger partial charge on any atom is -0.462 e. The number of ether oxygens (including phenoxy) is 4. The number of aliphatic hydroxyl groups is 1. The summed E-state index contributed by atoms with van der Waals surface area (Å²) < 4.78 is 68.0. The van der Waals surface area contributed by atoms with Crippen LogP contribution < -0.4 is 0 Å². The van der Waals surface area contributed by atoms with Crippen molar-refractivity contribution in [2.24, 2.45) is 23.7 Å². The number of carbonyl (C=O) groups excluding carboxylic acids is 4. The van der Waals surface area contributed by atoms with Gasteiger partial charge in [-0.15, -0.1) is 0 Å². The van der Waals surface area contributed by atoms with Gasteiger partial charge in [0.1, 0.15) is 19.3 Å². The van der Waals surface area contributed by atoms with E-state index in [1.807, 2.05) is 0 Å². The van der Waals surface area contributed by atoms with E-state index in [9.17, 15) is 43.2 Å². The van der Waals surface area contributed by atoms with Crippen LogP contribution in [0, 0.1) is 23.7 Å². The minimum atomic E-state index is -4.95. The van der Waals surface area contributed by atoms with Gasteiger partial charge in [0, 0.05) is 25.7 Å². The monoisotopic (exact) mass is 1240 g/mol. The van der Waals surface area contributed by atoms with Crippen LogP contribution in [0.25, 0.3) is 0 Å². The number of phosphoric acid groups is 2. The van der Waals surface area contributed by atoms with E-state index in [2.05, 4.69) is 55.4 Å². The van der Waals surface area contributed by atoms with Crippen LogP contribution in [0.2, 0.25) is 0 Å². The third-order valence-corrected chi connectivity index (χ3v) is 17.4. The van der Waals surface area contributed by atoms with Crippen molar-refractivity contribution < 1.29 is 80.2 Å². The molecule has 0 bridgehead atoms. The maximum Gasteiger partial charge on any atom is 0.472 e. The first-order valence-corrected chi connectivity index (χ1v) is 36.8. The minimum absolute atomic E-state index is 0.101. The summed E-state index contributed by atoms with van der Waals surface area (Å²) in [6.07, 6.45) is 35.0. The molecule has 19 heteroatoms.